The Morgan fingerprint density at radius 2 is 2.31 bits per heavy atom. The fourth-order valence-electron chi connectivity index (χ4n) is 3.12. The maximum atomic E-state index is 12.1. The molecular formula is C18H24N6O2. The monoisotopic (exact) mass is 356 g/mol. The van der Waals surface area contributed by atoms with Crippen molar-refractivity contribution in [3.8, 4) is 0 Å². The van der Waals surface area contributed by atoms with E-state index in [1.165, 1.54) is 6.33 Å². The first-order chi connectivity index (χ1) is 12.6. The van der Waals surface area contributed by atoms with Crippen molar-refractivity contribution in [3.05, 3.63) is 42.5 Å². The molecule has 0 unspecified atom stereocenters. The van der Waals surface area contributed by atoms with Gasteiger partial charge in [-0.1, -0.05) is 6.07 Å². The second-order valence-electron chi connectivity index (χ2n) is 6.58. The highest BCUT2D eigenvalue weighted by molar-refractivity contribution is 5.78. The predicted molar refractivity (Wildman–Crippen MR) is 98.9 cm³/mol. The molecule has 1 aliphatic rings. The molecule has 138 valence electrons. The fourth-order valence-corrected chi connectivity index (χ4v) is 3.12. The number of nitrogens with zero attached hydrogens (tertiary/aromatic N) is 4. The van der Waals surface area contributed by atoms with Crippen LogP contribution in [-0.2, 0) is 11.2 Å². The van der Waals surface area contributed by atoms with Crippen LogP contribution < -0.4 is 15.5 Å². The van der Waals surface area contributed by atoms with Crippen LogP contribution in [0.2, 0.25) is 0 Å². The lowest BCUT2D eigenvalue weighted by molar-refractivity contribution is -0.121. The Hall–Kier alpha value is -2.74. The van der Waals surface area contributed by atoms with Gasteiger partial charge in [0.2, 0.25) is 5.91 Å². The van der Waals surface area contributed by atoms with Gasteiger partial charge >= 0.3 is 0 Å². The van der Waals surface area contributed by atoms with Crippen LogP contribution in [0.4, 0.5) is 11.6 Å². The number of piperidine rings is 1. The molecule has 3 heterocycles. The molecule has 3 N–H and O–H groups in total. The Labute approximate surface area is 152 Å². The van der Waals surface area contributed by atoms with Crippen molar-refractivity contribution in [2.24, 2.45) is 0 Å². The van der Waals surface area contributed by atoms with Crippen molar-refractivity contribution in [1.29, 1.82) is 0 Å². The molecule has 1 aliphatic heterocycles. The number of anilines is 2. The Bertz CT molecular complexity index is 741. The van der Waals surface area contributed by atoms with E-state index in [1.807, 2.05) is 17.0 Å². The fraction of sp³-hybridized carbons (Fsp3) is 0.444. The average Bonchev–Trinajstić information content (AvgIpc) is 2.67. The highest BCUT2D eigenvalue weighted by Gasteiger charge is 2.34. The number of carbonyl (C=O) groups excluding carboxylic acids is 1. The normalized spacial score (nSPS) is 19.8. The highest BCUT2D eigenvalue weighted by atomic mass is 16.3. The largest absolute Gasteiger partial charge is 0.386 e. The average molecular weight is 356 g/mol. The van der Waals surface area contributed by atoms with Gasteiger partial charge in [-0.3, -0.25) is 9.78 Å². The number of β-amino-alcohol motifs (C(OH)–C–C–N with tert-alkyl or cyclic N) is 1. The van der Waals surface area contributed by atoms with Gasteiger partial charge in [-0.05, 0) is 24.5 Å². The Balaban J connectivity index is 1.57. The lowest BCUT2D eigenvalue weighted by Crippen LogP contribution is -2.54. The van der Waals surface area contributed by atoms with Gasteiger partial charge in [0.05, 0.1) is 12.0 Å². The molecule has 8 heteroatoms. The van der Waals surface area contributed by atoms with Gasteiger partial charge in [0, 0.05) is 45.1 Å². The summed E-state index contributed by atoms with van der Waals surface area (Å²) in [5.74, 6) is 1.38. The Morgan fingerprint density at radius 3 is 3.08 bits per heavy atom. The van der Waals surface area contributed by atoms with Crippen LogP contribution in [0.15, 0.2) is 36.9 Å². The molecule has 0 radical (unpaired) electrons. The first-order valence-electron chi connectivity index (χ1n) is 8.71. The van der Waals surface area contributed by atoms with Gasteiger partial charge in [-0.2, -0.15) is 0 Å². The second-order valence-corrected chi connectivity index (χ2v) is 6.58. The highest BCUT2D eigenvalue weighted by Crippen LogP contribution is 2.25. The van der Waals surface area contributed by atoms with Crippen molar-refractivity contribution in [2.75, 3.05) is 36.9 Å². The number of carbonyl (C=O) groups is 1. The van der Waals surface area contributed by atoms with Crippen LogP contribution in [0.1, 0.15) is 18.4 Å². The molecule has 1 fully saturated rings. The van der Waals surface area contributed by atoms with Crippen LogP contribution in [-0.4, -0.2) is 58.2 Å². The summed E-state index contributed by atoms with van der Waals surface area (Å²) < 4.78 is 0. The van der Waals surface area contributed by atoms with Gasteiger partial charge in [-0.15, -0.1) is 0 Å². The third kappa shape index (κ3) is 4.66. The van der Waals surface area contributed by atoms with E-state index in [0.717, 1.165) is 30.2 Å². The molecule has 0 aliphatic carbocycles. The molecule has 0 spiro atoms. The quantitative estimate of drug-likeness (QED) is 0.696. The van der Waals surface area contributed by atoms with E-state index < -0.39 is 5.60 Å². The lowest BCUT2D eigenvalue weighted by Gasteiger charge is -2.39. The van der Waals surface area contributed by atoms with Crippen LogP contribution >= 0.6 is 0 Å². The van der Waals surface area contributed by atoms with E-state index in [2.05, 4.69) is 25.6 Å². The summed E-state index contributed by atoms with van der Waals surface area (Å²) in [4.78, 5) is 26.6. The van der Waals surface area contributed by atoms with Crippen molar-refractivity contribution < 1.29 is 9.90 Å². The first-order valence-corrected chi connectivity index (χ1v) is 8.71. The molecule has 2 aromatic heterocycles. The standard InChI is InChI=1S/C18H24N6O2/c1-19-15-9-16(23-13-22-15)24-7-3-5-18(26,12-24)11-21-17(25)8-14-4-2-6-20-10-14/h2,4,6,9-10,13,26H,3,5,7-8,11-12H2,1H3,(H,21,25)(H,19,22,23)/t18-/m0/s1. The van der Waals surface area contributed by atoms with Gasteiger partial charge in [0.1, 0.15) is 18.0 Å². The van der Waals surface area contributed by atoms with E-state index in [1.54, 1.807) is 25.5 Å². The van der Waals surface area contributed by atoms with Gasteiger partial charge in [0.15, 0.2) is 0 Å². The number of rotatable bonds is 6. The second kappa shape index (κ2) is 8.09. The summed E-state index contributed by atoms with van der Waals surface area (Å²) in [5, 5.41) is 16.8. The minimum absolute atomic E-state index is 0.122. The molecule has 0 aromatic carbocycles. The zero-order valence-corrected chi connectivity index (χ0v) is 14.9. The summed E-state index contributed by atoms with van der Waals surface area (Å²) in [5.41, 5.74) is -0.129. The minimum Gasteiger partial charge on any atom is -0.386 e. The van der Waals surface area contributed by atoms with E-state index in [0.29, 0.717) is 13.0 Å². The maximum absolute atomic E-state index is 12.1. The number of nitrogens with one attached hydrogen (secondary N) is 2. The summed E-state index contributed by atoms with van der Waals surface area (Å²) in [6.07, 6.45) is 6.57. The van der Waals surface area contributed by atoms with Crippen molar-refractivity contribution in [1.82, 2.24) is 20.3 Å². The molecule has 1 amide bonds. The van der Waals surface area contributed by atoms with E-state index in [9.17, 15) is 9.90 Å². The molecule has 8 nitrogen and oxygen atoms in total. The van der Waals surface area contributed by atoms with Gasteiger partial charge < -0.3 is 20.6 Å². The van der Waals surface area contributed by atoms with Gasteiger partial charge in [-0.25, -0.2) is 9.97 Å². The number of amides is 1. The van der Waals surface area contributed by atoms with Crippen LogP contribution in [0.25, 0.3) is 0 Å². The zero-order valence-electron chi connectivity index (χ0n) is 14.9. The smallest absolute Gasteiger partial charge is 0.224 e. The zero-order chi connectivity index (χ0) is 18.4. The molecule has 26 heavy (non-hydrogen) atoms. The van der Waals surface area contributed by atoms with E-state index >= 15 is 0 Å². The topological polar surface area (TPSA) is 103 Å². The van der Waals surface area contributed by atoms with Crippen LogP contribution in [0, 0.1) is 0 Å². The summed E-state index contributed by atoms with van der Waals surface area (Å²) in [6.45, 7) is 1.44. The van der Waals surface area contributed by atoms with Crippen molar-refractivity contribution >= 4 is 17.5 Å². The number of hydrogen-bond acceptors (Lipinski definition) is 7. The Kier molecular flexibility index (Phi) is 5.62. The molecular weight excluding hydrogens is 332 g/mol. The number of pyridine rings is 1. The maximum Gasteiger partial charge on any atom is 0.224 e. The first kappa shape index (κ1) is 18.1. The van der Waals surface area contributed by atoms with Crippen LogP contribution in [0.3, 0.4) is 0 Å². The molecule has 0 saturated carbocycles. The third-order valence-corrected chi connectivity index (χ3v) is 4.49. The summed E-state index contributed by atoms with van der Waals surface area (Å²) >= 11 is 0. The third-order valence-electron chi connectivity index (χ3n) is 4.49. The summed E-state index contributed by atoms with van der Waals surface area (Å²) in [6, 6.07) is 5.51. The summed E-state index contributed by atoms with van der Waals surface area (Å²) in [7, 11) is 1.80. The molecule has 1 saturated heterocycles. The molecule has 3 rings (SSSR count). The number of aromatic nitrogens is 3. The van der Waals surface area contributed by atoms with Crippen LogP contribution in [0.5, 0.6) is 0 Å². The number of aliphatic hydroxyl groups is 1. The molecule has 1 atom stereocenters. The van der Waals surface area contributed by atoms with Crippen molar-refractivity contribution in [2.45, 2.75) is 24.9 Å². The van der Waals surface area contributed by atoms with E-state index in [-0.39, 0.29) is 18.9 Å². The van der Waals surface area contributed by atoms with Crippen molar-refractivity contribution in [3.63, 3.8) is 0 Å². The minimum atomic E-state index is -0.979. The Morgan fingerprint density at radius 1 is 1.42 bits per heavy atom. The SMILES string of the molecule is CNc1cc(N2CCC[C@](O)(CNC(=O)Cc3cccnc3)C2)ncn1. The number of hydrogen-bond donors (Lipinski definition) is 3. The molecule has 0 bridgehead atoms. The lowest BCUT2D eigenvalue weighted by atomic mass is 9.92. The van der Waals surface area contributed by atoms with E-state index in [4.69, 9.17) is 0 Å². The molecule has 2 aromatic rings. The predicted octanol–water partition coefficient (Wildman–Crippen LogP) is 0.603. The van der Waals surface area contributed by atoms with Gasteiger partial charge in [0.25, 0.3) is 0 Å².